The van der Waals surface area contributed by atoms with Crippen molar-refractivity contribution < 1.29 is 12.6 Å². The first-order valence-electron chi connectivity index (χ1n) is 6.90. The van der Waals surface area contributed by atoms with Crippen molar-refractivity contribution in [3.05, 3.63) is 71.8 Å². The van der Waals surface area contributed by atoms with Gasteiger partial charge < -0.3 is 2.85 Å². The normalized spacial score (nSPS) is 11.8. The van der Waals surface area contributed by atoms with Crippen molar-refractivity contribution in [2.75, 3.05) is 0 Å². The number of benzene rings is 2. The standard InChI is InChI=1S/C18H22O2.Mg.2H/c1-17(2,15-11-7-5-8-12-15)19-20-18(3,4)16-13-9-6-10-14-16;;;/h5-14H,1-4H3;;;/q;+2;2*-1. The third-order valence-corrected chi connectivity index (χ3v) is 3.40. The van der Waals surface area contributed by atoms with E-state index in [0.717, 1.165) is 11.1 Å². The maximum Gasteiger partial charge on any atom is 2.00 e. The molecule has 0 fully saturated rings. The number of hydrogen-bond donors (Lipinski definition) is 0. The zero-order valence-electron chi connectivity index (χ0n) is 15.3. The Bertz CT molecular complexity index is 494. The van der Waals surface area contributed by atoms with Crippen molar-refractivity contribution in [2.24, 2.45) is 0 Å². The van der Waals surface area contributed by atoms with E-state index in [9.17, 15) is 0 Å². The van der Waals surface area contributed by atoms with Gasteiger partial charge in [0.25, 0.3) is 0 Å². The monoisotopic (exact) mass is 296 g/mol. The second-order valence-electron chi connectivity index (χ2n) is 5.92. The summed E-state index contributed by atoms with van der Waals surface area (Å²) in [6.07, 6.45) is 0. The summed E-state index contributed by atoms with van der Waals surface area (Å²) < 4.78 is 0. The Morgan fingerprint density at radius 1 is 0.619 bits per heavy atom. The Balaban J connectivity index is 0. The van der Waals surface area contributed by atoms with Crippen LogP contribution in [0.15, 0.2) is 60.7 Å². The molecular weight excluding hydrogens is 273 g/mol. The summed E-state index contributed by atoms with van der Waals surface area (Å²) in [6.45, 7) is 8.01. The first-order valence-corrected chi connectivity index (χ1v) is 6.90. The molecule has 0 aliphatic rings. The molecule has 2 nitrogen and oxygen atoms in total. The van der Waals surface area contributed by atoms with Crippen LogP contribution in [0.3, 0.4) is 0 Å². The Hall–Kier alpha value is -0.874. The minimum Gasteiger partial charge on any atom is -1.00 e. The fourth-order valence-corrected chi connectivity index (χ4v) is 1.98. The molecule has 0 bridgehead atoms. The van der Waals surface area contributed by atoms with Gasteiger partial charge in [0, 0.05) is 0 Å². The molecule has 0 radical (unpaired) electrons. The predicted molar refractivity (Wildman–Crippen MR) is 89.1 cm³/mol. The molecule has 110 valence electrons. The van der Waals surface area contributed by atoms with Crippen molar-refractivity contribution >= 4 is 23.1 Å². The molecule has 0 saturated heterocycles. The van der Waals surface area contributed by atoms with Crippen LogP contribution in [0.1, 0.15) is 41.7 Å². The van der Waals surface area contributed by atoms with Crippen molar-refractivity contribution in [2.45, 2.75) is 38.9 Å². The fourth-order valence-electron chi connectivity index (χ4n) is 1.98. The van der Waals surface area contributed by atoms with E-state index < -0.39 is 11.2 Å². The zero-order valence-corrected chi connectivity index (χ0v) is 14.7. The van der Waals surface area contributed by atoms with Crippen LogP contribution in [0.5, 0.6) is 0 Å². The van der Waals surface area contributed by atoms with Gasteiger partial charge in [-0.05, 0) is 38.8 Å². The average molecular weight is 297 g/mol. The largest absolute Gasteiger partial charge is 2.00 e. The van der Waals surface area contributed by atoms with Crippen molar-refractivity contribution in [3.8, 4) is 0 Å². The summed E-state index contributed by atoms with van der Waals surface area (Å²) in [5.41, 5.74) is 1.19. The van der Waals surface area contributed by atoms with Crippen LogP contribution in [-0.4, -0.2) is 23.1 Å². The van der Waals surface area contributed by atoms with Crippen LogP contribution in [-0.2, 0) is 21.0 Å². The maximum atomic E-state index is 5.73. The summed E-state index contributed by atoms with van der Waals surface area (Å²) in [5.74, 6) is 0. The van der Waals surface area contributed by atoms with E-state index in [0.29, 0.717) is 0 Å². The smallest absolute Gasteiger partial charge is 1.00 e. The Kier molecular flexibility index (Phi) is 6.41. The van der Waals surface area contributed by atoms with Crippen molar-refractivity contribution in [1.82, 2.24) is 0 Å². The summed E-state index contributed by atoms with van der Waals surface area (Å²) in [4.78, 5) is 11.5. The molecule has 0 aromatic heterocycles. The van der Waals surface area contributed by atoms with Gasteiger partial charge in [-0.1, -0.05) is 60.7 Å². The third-order valence-electron chi connectivity index (χ3n) is 3.40. The fraction of sp³-hybridized carbons (Fsp3) is 0.333. The average Bonchev–Trinajstić information content (AvgIpc) is 2.47. The third kappa shape index (κ3) is 4.82. The first kappa shape index (κ1) is 18.2. The van der Waals surface area contributed by atoms with Crippen molar-refractivity contribution in [1.29, 1.82) is 0 Å². The molecule has 21 heavy (non-hydrogen) atoms. The van der Waals surface area contributed by atoms with Gasteiger partial charge in [-0.2, -0.15) is 0 Å². The zero-order chi connectivity index (χ0) is 14.6. The van der Waals surface area contributed by atoms with Gasteiger partial charge in [-0.3, -0.25) is 0 Å². The summed E-state index contributed by atoms with van der Waals surface area (Å²) >= 11 is 0. The first-order chi connectivity index (χ1) is 9.42. The summed E-state index contributed by atoms with van der Waals surface area (Å²) in [6, 6.07) is 20.2. The Morgan fingerprint density at radius 3 is 1.19 bits per heavy atom. The van der Waals surface area contributed by atoms with Gasteiger partial charge in [0.15, 0.2) is 0 Å². The second-order valence-corrected chi connectivity index (χ2v) is 5.92. The molecule has 3 heteroatoms. The molecule has 0 spiro atoms. The van der Waals surface area contributed by atoms with Gasteiger partial charge in [0.2, 0.25) is 0 Å². The molecular formula is C18H24MgO2. The topological polar surface area (TPSA) is 18.5 Å². The van der Waals surface area contributed by atoms with E-state index in [1.165, 1.54) is 0 Å². The Morgan fingerprint density at radius 2 is 0.905 bits per heavy atom. The number of hydrogen-bond acceptors (Lipinski definition) is 2. The quantitative estimate of drug-likeness (QED) is 0.454. The summed E-state index contributed by atoms with van der Waals surface area (Å²) in [5, 5.41) is 0. The van der Waals surface area contributed by atoms with Crippen molar-refractivity contribution in [3.63, 3.8) is 0 Å². The van der Waals surface area contributed by atoms with Crippen LogP contribution in [0.2, 0.25) is 0 Å². The molecule has 0 amide bonds. The molecule has 2 rings (SSSR count). The summed E-state index contributed by atoms with van der Waals surface area (Å²) in [7, 11) is 0. The number of rotatable bonds is 5. The molecule has 0 heterocycles. The van der Waals surface area contributed by atoms with E-state index in [1.807, 2.05) is 88.4 Å². The van der Waals surface area contributed by atoms with Gasteiger partial charge >= 0.3 is 23.1 Å². The van der Waals surface area contributed by atoms with Gasteiger partial charge in [-0.25, -0.2) is 9.78 Å². The van der Waals surface area contributed by atoms with Crippen LogP contribution < -0.4 is 0 Å². The molecule has 0 saturated carbocycles. The van der Waals surface area contributed by atoms with Gasteiger partial charge in [0.1, 0.15) is 11.2 Å². The second kappa shape index (κ2) is 7.41. The van der Waals surface area contributed by atoms with E-state index in [-0.39, 0.29) is 25.9 Å². The molecule has 0 aliphatic heterocycles. The van der Waals surface area contributed by atoms with E-state index in [1.54, 1.807) is 0 Å². The van der Waals surface area contributed by atoms with Crippen LogP contribution in [0.25, 0.3) is 0 Å². The predicted octanol–water partition coefficient (Wildman–Crippen LogP) is 4.65. The molecule has 0 atom stereocenters. The van der Waals surface area contributed by atoms with Crippen LogP contribution in [0, 0.1) is 0 Å². The molecule has 2 aromatic rings. The molecule has 0 unspecified atom stereocenters. The molecule has 0 N–H and O–H groups in total. The molecule has 2 aromatic carbocycles. The van der Waals surface area contributed by atoms with Crippen LogP contribution in [0.4, 0.5) is 0 Å². The van der Waals surface area contributed by atoms with Gasteiger partial charge in [-0.15, -0.1) is 0 Å². The minimum atomic E-state index is -0.493. The Labute approximate surface area is 146 Å². The van der Waals surface area contributed by atoms with Crippen LogP contribution >= 0.6 is 0 Å². The van der Waals surface area contributed by atoms with E-state index in [4.69, 9.17) is 9.78 Å². The molecule has 0 aliphatic carbocycles. The van der Waals surface area contributed by atoms with E-state index >= 15 is 0 Å². The maximum absolute atomic E-state index is 5.73. The van der Waals surface area contributed by atoms with Gasteiger partial charge in [0.05, 0.1) is 0 Å². The minimum absolute atomic E-state index is 0. The van der Waals surface area contributed by atoms with E-state index in [2.05, 4.69) is 0 Å². The SMILES string of the molecule is CC(C)(OOC(C)(C)c1ccccc1)c1ccccc1.[H-].[H-].[Mg+2].